The molecule has 0 heterocycles. The van der Waals surface area contributed by atoms with E-state index >= 15 is 0 Å². The van der Waals surface area contributed by atoms with Crippen molar-refractivity contribution in [2.75, 3.05) is 13.1 Å². The largest absolute Gasteiger partial charge is 0.330 e. The fraction of sp³-hybridized carbons (Fsp3) is 0.400. The Bertz CT molecular complexity index is 460. The van der Waals surface area contributed by atoms with Gasteiger partial charge >= 0.3 is 0 Å². The first kappa shape index (κ1) is 13.4. The van der Waals surface area contributed by atoms with Gasteiger partial charge in [0, 0.05) is 11.6 Å². The lowest BCUT2D eigenvalue weighted by molar-refractivity contribution is 0.579. The lowest BCUT2D eigenvalue weighted by atomic mass is 10.2. The van der Waals surface area contributed by atoms with Crippen LogP contribution < -0.4 is 10.5 Å². The highest BCUT2D eigenvalue weighted by molar-refractivity contribution is 7.89. The zero-order valence-corrected chi connectivity index (χ0v) is 10.6. The molecule has 0 saturated carbocycles. The van der Waals surface area contributed by atoms with Crippen LogP contribution in [0.25, 0.3) is 0 Å². The van der Waals surface area contributed by atoms with Gasteiger partial charge in [-0.15, -0.1) is 0 Å². The van der Waals surface area contributed by atoms with Crippen molar-refractivity contribution < 1.29 is 8.42 Å². The molecule has 0 aliphatic rings. The average Bonchev–Trinajstić information content (AvgIpc) is 2.22. The van der Waals surface area contributed by atoms with Gasteiger partial charge in [0.25, 0.3) is 0 Å². The fourth-order valence-corrected chi connectivity index (χ4v) is 2.83. The number of rotatable bonds is 5. The second-order valence-electron chi connectivity index (χ2n) is 3.45. The molecule has 1 rings (SSSR count). The van der Waals surface area contributed by atoms with Crippen molar-refractivity contribution in [2.45, 2.75) is 18.2 Å². The van der Waals surface area contributed by atoms with Crippen LogP contribution in [0.4, 0.5) is 0 Å². The fourth-order valence-electron chi connectivity index (χ4n) is 1.25. The Morgan fingerprint density at radius 1 is 1.44 bits per heavy atom. The lowest BCUT2D eigenvalue weighted by Crippen LogP contribution is -2.26. The maximum absolute atomic E-state index is 11.9. The van der Waals surface area contributed by atoms with Crippen LogP contribution in [0.15, 0.2) is 23.1 Å². The van der Waals surface area contributed by atoms with Gasteiger partial charge in [-0.1, -0.05) is 17.7 Å². The minimum absolute atomic E-state index is 0.219. The van der Waals surface area contributed by atoms with Gasteiger partial charge in [0.1, 0.15) is 0 Å². The molecular weight excluding hydrogens is 248 g/mol. The lowest BCUT2D eigenvalue weighted by Gasteiger charge is -2.09. The molecule has 0 amide bonds. The summed E-state index contributed by atoms with van der Waals surface area (Å²) in [6.07, 6.45) is 0.610. The number of benzene rings is 1. The zero-order chi connectivity index (χ0) is 12.2. The van der Waals surface area contributed by atoms with E-state index in [0.29, 0.717) is 30.1 Å². The van der Waals surface area contributed by atoms with Gasteiger partial charge in [0.15, 0.2) is 0 Å². The SMILES string of the molecule is Cc1ccc(Cl)cc1S(=O)(=O)NCCCN. The summed E-state index contributed by atoms with van der Waals surface area (Å²) >= 11 is 5.77. The van der Waals surface area contributed by atoms with Crippen molar-refractivity contribution in [3.63, 3.8) is 0 Å². The highest BCUT2D eigenvalue weighted by Crippen LogP contribution is 2.19. The normalized spacial score (nSPS) is 11.7. The van der Waals surface area contributed by atoms with Crippen molar-refractivity contribution in [1.29, 1.82) is 0 Å². The van der Waals surface area contributed by atoms with E-state index in [-0.39, 0.29) is 4.90 Å². The van der Waals surface area contributed by atoms with Gasteiger partial charge in [-0.25, -0.2) is 13.1 Å². The number of hydrogen-bond acceptors (Lipinski definition) is 3. The molecule has 1 aromatic carbocycles. The Morgan fingerprint density at radius 2 is 2.12 bits per heavy atom. The summed E-state index contributed by atoms with van der Waals surface area (Å²) in [7, 11) is -3.48. The van der Waals surface area contributed by atoms with E-state index in [1.165, 1.54) is 6.07 Å². The number of hydrogen-bond donors (Lipinski definition) is 2. The van der Waals surface area contributed by atoms with Crippen LogP contribution in [0, 0.1) is 6.92 Å². The summed E-state index contributed by atoms with van der Waals surface area (Å²) in [4.78, 5) is 0.219. The van der Waals surface area contributed by atoms with Crippen LogP contribution in [0.5, 0.6) is 0 Å². The smallest absolute Gasteiger partial charge is 0.240 e. The van der Waals surface area contributed by atoms with Crippen molar-refractivity contribution in [1.82, 2.24) is 4.72 Å². The Balaban J connectivity index is 2.93. The molecule has 0 aliphatic heterocycles. The van der Waals surface area contributed by atoms with Gasteiger partial charge in [-0.3, -0.25) is 0 Å². The van der Waals surface area contributed by atoms with E-state index in [4.69, 9.17) is 17.3 Å². The number of aryl methyl sites for hydroxylation is 1. The van der Waals surface area contributed by atoms with E-state index in [1.54, 1.807) is 19.1 Å². The quantitative estimate of drug-likeness (QED) is 0.785. The van der Waals surface area contributed by atoms with E-state index in [0.717, 1.165) is 0 Å². The Kier molecular flexibility index (Phi) is 4.73. The molecule has 1 aromatic rings. The molecule has 0 saturated heterocycles. The standard InChI is InChI=1S/C10H15ClN2O2S/c1-8-3-4-9(11)7-10(8)16(14,15)13-6-2-5-12/h3-4,7,13H,2,5-6,12H2,1H3. The molecule has 6 heteroatoms. The van der Waals surface area contributed by atoms with Crippen molar-refractivity contribution in [3.05, 3.63) is 28.8 Å². The molecule has 4 nitrogen and oxygen atoms in total. The minimum atomic E-state index is -3.48. The molecule has 0 spiro atoms. The van der Waals surface area contributed by atoms with Crippen LogP contribution in [-0.2, 0) is 10.0 Å². The molecule has 16 heavy (non-hydrogen) atoms. The van der Waals surface area contributed by atoms with Crippen LogP contribution in [0.3, 0.4) is 0 Å². The van der Waals surface area contributed by atoms with E-state index < -0.39 is 10.0 Å². The zero-order valence-electron chi connectivity index (χ0n) is 9.03. The third kappa shape index (κ3) is 3.45. The maximum atomic E-state index is 11.9. The van der Waals surface area contributed by atoms with E-state index in [1.807, 2.05) is 0 Å². The van der Waals surface area contributed by atoms with Gasteiger partial charge in [0.2, 0.25) is 10.0 Å². The summed E-state index contributed by atoms with van der Waals surface area (Å²) in [5, 5.41) is 0.407. The Labute approximate surface area is 101 Å². The third-order valence-corrected chi connectivity index (χ3v) is 3.95. The first-order valence-electron chi connectivity index (χ1n) is 4.93. The molecule has 0 aliphatic carbocycles. The highest BCUT2D eigenvalue weighted by atomic mass is 35.5. The highest BCUT2D eigenvalue weighted by Gasteiger charge is 2.16. The molecule has 0 atom stereocenters. The van der Waals surface area contributed by atoms with E-state index in [2.05, 4.69) is 4.72 Å². The summed E-state index contributed by atoms with van der Waals surface area (Å²) < 4.78 is 26.2. The van der Waals surface area contributed by atoms with Crippen molar-refractivity contribution >= 4 is 21.6 Å². The molecule has 3 N–H and O–H groups in total. The molecular formula is C10H15ClN2O2S. The van der Waals surface area contributed by atoms with Gasteiger partial charge in [-0.2, -0.15) is 0 Å². The molecule has 0 fully saturated rings. The maximum Gasteiger partial charge on any atom is 0.240 e. The topological polar surface area (TPSA) is 72.2 Å². The van der Waals surface area contributed by atoms with Crippen LogP contribution in [-0.4, -0.2) is 21.5 Å². The molecule has 0 radical (unpaired) electrons. The molecule has 90 valence electrons. The summed E-state index contributed by atoms with van der Waals surface area (Å²) in [6.45, 7) is 2.52. The molecule has 0 bridgehead atoms. The second kappa shape index (κ2) is 5.63. The van der Waals surface area contributed by atoms with Crippen molar-refractivity contribution in [2.24, 2.45) is 5.73 Å². The Hall–Kier alpha value is -0.620. The number of nitrogens with one attached hydrogen (secondary N) is 1. The van der Waals surface area contributed by atoms with E-state index in [9.17, 15) is 8.42 Å². The van der Waals surface area contributed by atoms with Gasteiger partial charge in [0.05, 0.1) is 4.90 Å². The van der Waals surface area contributed by atoms with Crippen LogP contribution in [0.2, 0.25) is 5.02 Å². The predicted octanol–water partition coefficient (Wildman–Crippen LogP) is 1.28. The second-order valence-corrected chi connectivity index (χ2v) is 5.62. The summed E-state index contributed by atoms with van der Waals surface area (Å²) in [6, 6.07) is 4.79. The Morgan fingerprint density at radius 3 is 2.75 bits per heavy atom. The van der Waals surface area contributed by atoms with Gasteiger partial charge < -0.3 is 5.73 Å². The van der Waals surface area contributed by atoms with Crippen LogP contribution >= 0.6 is 11.6 Å². The monoisotopic (exact) mass is 262 g/mol. The van der Waals surface area contributed by atoms with Crippen LogP contribution in [0.1, 0.15) is 12.0 Å². The average molecular weight is 263 g/mol. The first-order valence-corrected chi connectivity index (χ1v) is 6.79. The van der Waals surface area contributed by atoms with Crippen molar-refractivity contribution in [3.8, 4) is 0 Å². The third-order valence-electron chi connectivity index (χ3n) is 2.11. The minimum Gasteiger partial charge on any atom is -0.330 e. The summed E-state index contributed by atoms with van der Waals surface area (Å²) in [5.74, 6) is 0. The predicted molar refractivity (Wildman–Crippen MR) is 65.0 cm³/mol. The number of nitrogens with two attached hydrogens (primary N) is 1. The number of halogens is 1. The number of sulfonamides is 1. The molecule has 0 aromatic heterocycles. The van der Waals surface area contributed by atoms with Gasteiger partial charge in [-0.05, 0) is 37.6 Å². The summed E-state index contributed by atoms with van der Waals surface area (Å²) in [5.41, 5.74) is 5.97. The molecule has 0 unspecified atom stereocenters. The first-order chi connectivity index (χ1) is 7.47.